The highest BCUT2D eigenvalue weighted by Gasteiger charge is 2.35. The number of carbonyl (C=O) groups is 3. The third kappa shape index (κ3) is 4.71. The van der Waals surface area contributed by atoms with Crippen LogP contribution in [0.2, 0.25) is 0 Å². The van der Waals surface area contributed by atoms with Gasteiger partial charge < -0.3 is 24.0 Å². The van der Waals surface area contributed by atoms with E-state index in [1.54, 1.807) is 35.2 Å². The van der Waals surface area contributed by atoms with Crippen LogP contribution in [0.4, 0.5) is 5.69 Å². The van der Waals surface area contributed by atoms with E-state index < -0.39 is 0 Å². The molecular formula is C26H30N2O6. The second kappa shape index (κ2) is 10.2. The highest BCUT2D eigenvalue weighted by atomic mass is 16.5. The van der Waals surface area contributed by atoms with Crippen LogP contribution in [0.25, 0.3) is 0 Å². The molecule has 0 atom stereocenters. The molecule has 0 aliphatic carbocycles. The zero-order valence-electron chi connectivity index (χ0n) is 19.8. The molecule has 2 heterocycles. The van der Waals surface area contributed by atoms with Crippen LogP contribution in [-0.2, 0) is 16.0 Å². The Balaban J connectivity index is 1.49. The van der Waals surface area contributed by atoms with E-state index in [2.05, 4.69) is 0 Å². The van der Waals surface area contributed by atoms with Crippen molar-refractivity contribution in [2.45, 2.75) is 45.6 Å². The summed E-state index contributed by atoms with van der Waals surface area (Å²) in [6.45, 7) is 4.87. The smallest absolute Gasteiger partial charge is 0.308 e. The molecule has 2 aliphatic rings. The number of piperidine rings is 1. The second-order valence-electron chi connectivity index (χ2n) is 8.43. The normalized spacial score (nSPS) is 16.1. The van der Waals surface area contributed by atoms with Crippen LogP contribution in [-0.4, -0.2) is 55.5 Å². The first-order chi connectivity index (χ1) is 16.4. The van der Waals surface area contributed by atoms with Gasteiger partial charge in [0.2, 0.25) is 5.91 Å². The van der Waals surface area contributed by atoms with Gasteiger partial charge >= 0.3 is 5.97 Å². The fourth-order valence-electron chi connectivity index (χ4n) is 4.77. The monoisotopic (exact) mass is 466 g/mol. The minimum Gasteiger partial charge on any atom is -0.496 e. The lowest BCUT2D eigenvalue weighted by Gasteiger charge is -2.41. The summed E-state index contributed by atoms with van der Waals surface area (Å²) in [6.07, 6.45) is 2.24. The van der Waals surface area contributed by atoms with Crippen molar-refractivity contribution in [2.24, 2.45) is 0 Å². The lowest BCUT2D eigenvalue weighted by Crippen LogP contribution is -2.50. The molecule has 1 saturated heterocycles. The van der Waals surface area contributed by atoms with Gasteiger partial charge in [-0.3, -0.25) is 14.4 Å². The first-order valence-electron chi connectivity index (χ1n) is 11.7. The topological polar surface area (TPSA) is 85.4 Å². The number of benzene rings is 2. The lowest BCUT2D eigenvalue weighted by molar-refractivity contribution is -0.131. The van der Waals surface area contributed by atoms with E-state index in [0.717, 1.165) is 11.3 Å². The molecule has 0 bridgehead atoms. The van der Waals surface area contributed by atoms with Crippen molar-refractivity contribution in [3.05, 3.63) is 47.5 Å². The van der Waals surface area contributed by atoms with Crippen molar-refractivity contribution >= 4 is 23.5 Å². The molecule has 8 nitrogen and oxygen atoms in total. The molecule has 180 valence electrons. The average Bonchev–Trinajstić information content (AvgIpc) is 2.83. The first-order valence-corrected chi connectivity index (χ1v) is 11.7. The highest BCUT2D eigenvalue weighted by molar-refractivity contribution is 5.99. The van der Waals surface area contributed by atoms with E-state index >= 15 is 0 Å². The number of nitrogens with zero attached hydrogens (tertiary/aromatic N) is 2. The van der Waals surface area contributed by atoms with Gasteiger partial charge in [-0.15, -0.1) is 0 Å². The first kappa shape index (κ1) is 23.6. The molecule has 2 aliphatic heterocycles. The molecule has 8 heteroatoms. The van der Waals surface area contributed by atoms with Crippen molar-refractivity contribution < 1.29 is 28.6 Å². The van der Waals surface area contributed by atoms with E-state index in [-0.39, 0.29) is 23.8 Å². The maximum atomic E-state index is 13.2. The zero-order valence-corrected chi connectivity index (χ0v) is 19.8. The van der Waals surface area contributed by atoms with Gasteiger partial charge in [-0.1, -0.05) is 6.07 Å². The molecule has 0 N–H and O–H groups in total. The number of anilines is 1. The summed E-state index contributed by atoms with van der Waals surface area (Å²) in [4.78, 5) is 41.3. The molecule has 0 spiro atoms. The molecule has 2 aromatic rings. The summed E-state index contributed by atoms with van der Waals surface area (Å²) < 4.78 is 16.3. The Labute approximate surface area is 199 Å². The quantitative estimate of drug-likeness (QED) is 0.478. The van der Waals surface area contributed by atoms with E-state index in [1.807, 2.05) is 17.9 Å². The maximum absolute atomic E-state index is 13.2. The molecule has 2 amide bonds. The van der Waals surface area contributed by atoms with Crippen LogP contribution in [0.3, 0.4) is 0 Å². The van der Waals surface area contributed by atoms with Gasteiger partial charge in [0.25, 0.3) is 5.91 Å². The average molecular weight is 467 g/mol. The minimum atomic E-state index is -0.381. The number of hydrogen-bond donors (Lipinski definition) is 0. The summed E-state index contributed by atoms with van der Waals surface area (Å²) >= 11 is 0. The van der Waals surface area contributed by atoms with Crippen molar-refractivity contribution in [1.29, 1.82) is 0 Å². The Morgan fingerprint density at radius 3 is 2.50 bits per heavy atom. The molecule has 4 rings (SSSR count). The van der Waals surface area contributed by atoms with Gasteiger partial charge in [0.1, 0.15) is 17.2 Å². The molecule has 0 unspecified atom stereocenters. The number of rotatable bonds is 6. The number of amides is 2. The SMILES string of the molecule is CCOc1ccc(C(=O)N2CCC(N3C(=O)CCc4c(OC(C)=O)cccc43)CC2)c(OC)c1. The molecule has 0 aromatic heterocycles. The largest absolute Gasteiger partial charge is 0.496 e. The molecule has 0 radical (unpaired) electrons. The molecular weight excluding hydrogens is 436 g/mol. The lowest BCUT2D eigenvalue weighted by atomic mass is 9.94. The molecule has 34 heavy (non-hydrogen) atoms. The Morgan fingerprint density at radius 2 is 1.82 bits per heavy atom. The third-order valence-electron chi connectivity index (χ3n) is 6.31. The van der Waals surface area contributed by atoms with E-state index in [0.29, 0.717) is 68.2 Å². The van der Waals surface area contributed by atoms with Crippen molar-refractivity contribution in [1.82, 2.24) is 4.90 Å². The number of ether oxygens (including phenoxy) is 3. The number of hydrogen-bond acceptors (Lipinski definition) is 6. The van der Waals surface area contributed by atoms with Crippen LogP contribution in [0.1, 0.15) is 49.0 Å². The molecule has 1 fully saturated rings. The summed E-state index contributed by atoms with van der Waals surface area (Å²) in [5, 5.41) is 0. The van der Waals surface area contributed by atoms with Crippen LogP contribution >= 0.6 is 0 Å². The maximum Gasteiger partial charge on any atom is 0.308 e. The number of esters is 1. The standard InChI is InChI=1S/C26H30N2O6/c1-4-33-19-8-9-21(24(16-19)32-3)26(31)27-14-12-18(13-15-27)28-22-6-5-7-23(34-17(2)29)20(22)10-11-25(28)30/h5-9,16,18H,4,10-15H2,1-3H3. The zero-order chi connectivity index (χ0) is 24.2. The van der Waals surface area contributed by atoms with Crippen LogP contribution in [0.5, 0.6) is 17.2 Å². The summed E-state index contributed by atoms with van der Waals surface area (Å²) in [5.41, 5.74) is 2.18. The highest BCUT2D eigenvalue weighted by Crippen LogP contribution is 2.38. The number of carbonyl (C=O) groups excluding carboxylic acids is 3. The van der Waals surface area contributed by atoms with E-state index in [9.17, 15) is 14.4 Å². The van der Waals surface area contributed by atoms with Crippen LogP contribution in [0.15, 0.2) is 36.4 Å². The van der Waals surface area contributed by atoms with Gasteiger partial charge in [0.15, 0.2) is 0 Å². The van der Waals surface area contributed by atoms with Crippen molar-refractivity contribution in [3.8, 4) is 17.2 Å². The Hall–Kier alpha value is -3.55. The van der Waals surface area contributed by atoms with Gasteiger partial charge in [-0.05, 0) is 50.5 Å². The van der Waals surface area contributed by atoms with Gasteiger partial charge in [-0.25, -0.2) is 0 Å². The number of fused-ring (bicyclic) bond motifs is 1. The molecule has 2 aromatic carbocycles. The molecule has 0 saturated carbocycles. The summed E-state index contributed by atoms with van der Waals surface area (Å²) in [5.74, 6) is 1.23. The number of methoxy groups -OCH3 is 1. The van der Waals surface area contributed by atoms with Gasteiger partial charge in [0.05, 0.1) is 25.0 Å². The Kier molecular flexibility index (Phi) is 7.05. The number of likely N-dealkylation sites (tertiary alicyclic amines) is 1. The van der Waals surface area contributed by atoms with Crippen LogP contribution in [0, 0.1) is 0 Å². The van der Waals surface area contributed by atoms with Gasteiger partial charge in [0, 0.05) is 44.1 Å². The van der Waals surface area contributed by atoms with E-state index in [4.69, 9.17) is 14.2 Å². The predicted molar refractivity (Wildman–Crippen MR) is 127 cm³/mol. The second-order valence-corrected chi connectivity index (χ2v) is 8.43. The van der Waals surface area contributed by atoms with Crippen molar-refractivity contribution in [2.75, 3.05) is 31.7 Å². The fourth-order valence-corrected chi connectivity index (χ4v) is 4.77. The van der Waals surface area contributed by atoms with Gasteiger partial charge in [-0.2, -0.15) is 0 Å². The van der Waals surface area contributed by atoms with Crippen LogP contribution < -0.4 is 19.1 Å². The third-order valence-corrected chi connectivity index (χ3v) is 6.31. The minimum absolute atomic E-state index is 0.0228. The van der Waals surface area contributed by atoms with E-state index in [1.165, 1.54) is 14.0 Å². The fraction of sp³-hybridized carbons (Fsp3) is 0.423. The summed E-state index contributed by atoms with van der Waals surface area (Å²) in [7, 11) is 1.54. The Morgan fingerprint density at radius 1 is 1.06 bits per heavy atom. The Bertz CT molecular complexity index is 1090. The van der Waals surface area contributed by atoms with Crippen molar-refractivity contribution in [3.63, 3.8) is 0 Å². The summed E-state index contributed by atoms with van der Waals surface area (Å²) in [6, 6.07) is 10.7. The predicted octanol–water partition coefficient (Wildman–Crippen LogP) is 3.60.